The molecule has 2 aromatic heterocycles. The van der Waals surface area contributed by atoms with Gasteiger partial charge in [0.2, 0.25) is 5.91 Å². The van der Waals surface area contributed by atoms with E-state index >= 15 is 0 Å². The molecule has 0 aromatic carbocycles. The van der Waals surface area contributed by atoms with E-state index in [2.05, 4.69) is 36.3 Å². The van der Waals surface area contributed by atoms with E-state index in [1.54, 1.807) is 15.8 Å². The molecule has 0 unspecified atom stereocenters. The molecule has 8 heteroatoms. The summed E-state index contributed by atoms with van der Waals surface area (Å²) in [6.45, 7) is 0.658. The molecule has 2 atom stereocenters. The summed E-state index contributed by atoms with van der Waals surface area (Å²) in [7, 11) is 3.73. The lowest BCUT2D eigenvalue weighted by Crippen LogP contribution is -2.26. The van der Waals surface area contributed by atoms with Crippen molar-refractivity contribution >= 4 is 27.7 Å². The lowest BCUT2D eigenvalue weighted by molar-refractivity contribution is -0.127. The molecule has 1 amide bonds. The third-order valence-corrected chi connectivity index (χ3v) is 4.54. The number of halogens is 1. The van der Waals surface area contributed by atoms with Gasteiger partial charge in [-0.2, -0.15) is 5.10 Å². The number of amides is 1. The highest BCUT2D eigenvalue weighted by molar-refractivity contribution is 9.10. The number of rotatable bonds is 4. The van der Waals surface area contributed by atoms with Crippen LogP contribution in [0.5, 0.6) is 0 Å². The number of aryl methyl sites for hydroxylation is 1. The van der Waals surface area contributed by atoms with Gasteiger partial charge < -0.3 is 10.2 Å². The number of nitrogens with zero attached hydrogens (tertiary/aromatic N) is 5. The van der Waals surface area contributed by atoms with Crippen LogP contribution in [-0.4, -0.2) is 44.1 Å². The molecule has 0 spiro atoms. The number of anilines is 1. The van der Waals surface area contributed by atoms with Crippen LogP contribution in [0.3, 0.4) is 0 Å². The van der Waals surface area contributed by atoms with Crippen molar-refractivity contribution in [1.82, 2.24) is 24.6 Å². The molecule has 3 rings (SSSR count). The molecule has 0 bridgehead atoms. The maximum absolute atomic E-state index is 12.1. The first-order valence-electron chi connectivity index (χ1n) is 7.00. The first-order chi connectivity index (χ1) is 10.6. The molecule has 0 radical (unpaired) electrons. The Labute approximate surface area is 136 Å². The summed E-state index contributed by atoms with van der Waals surface area (Å²) in [5.41, 5.74) is 1.06. The summed E-state index contributed by atoms with van der Waals surface area (Å²) in [6, 6.07) is 0.0364. The fourth-order valence-corrected chi connectivity index (χ4v) is 3.25. The molecule has 1 aliphatic heterocycles. The number of nitrogens with one attached hydrogen (secondary N) is 1. The van der Waals surface area contributed by atoms with Crippen molar-refractivity contribution in [1.29, 1.82) is 0 Å². The number of hydrogen-bond donors (Lipinski definition) is 1. The quantitative estimate of drug-likeness (QED) is 0.891. The van der Waals surface area contributed by atoms with Gasteiger partial charge in [-0.25, -0.2) is 9.97 Å². The van der Waals surface area contributed by atoms with Gasteiger partial charge in [0, 0.05) is 50.9 Å². The lowest BCUT2D eigenvalue weighted by atomic mass is 9.96. The average Bonchev–Trinajstić information content (AvgIpc) is 3.03. The normalized spacial score (nSPS) is 21.4. The second kappa shape index (κ2) is 6.04. The zero-order chi connectivity index (χ0) is 15.7. The Morgan fingerprint density at radius 1 is 1.41 bits per heavy atom. The highest BCUT2D eigenvalue weighted by Gasteiger charge is 2.38. The van der Waals surface area contributed by atoms with E-state index < -0.39 is 0 Å². The summed E-state index contributed by atoms with van der Waals surface area (Å²) in [4.78, 5) is 22.0. The van der Waals surface area contributed by atoms with Gasteiger partial charge in [0.15, 0.2) is 0 Å². The lowest BCUT2D eigenvalue weighted by Gasteiger charge is -2.24. The minimum absolute atomic E-state index is 0.0364. The maximum Gasteiger partial charge on any atom is 0.223 e. The number of carbonyl (C=O) groups is 1. The van der Waals surface area contributed by atoms with Gasteiger partial charge >= 0.3 is 0 Å². The van der Waals surface area contributed by atoms with Gasteiger partial charge in [0.25, 0.3) is 0 Å². The Bertz CT molecular complexity index is 687. The van der Waals surface area contributed by atoms with E-state index in [4.69, 9.17) is 0 Å². The first-order valence-corrected chi connectivity index (χ1v) is 7.79. The molecule has 1 saturated heterocycles. The van der Waals surface area contributed by atoms with Crippen LogP contribution in [-0.2, 0) is 11.8 Å². The van der Waals surface area contributed by atoms with E-state index in [0.717, 1.165) is 15.9 Å². The van der Waals surface area contributed by atoms with Gasteiger partial charge in [-0.3, -0.25) is 9.48 Å². The van der Waals surface area contributed by atoms with Gasteiger partial charge in [0.1, 0.15) is 12.1 Å². The predicted octanol–water partition coefficient (Wildman–Crippen LogP) is 1.60. The van der Waals surface area contributed by atoms with E-state index in [-0.39, 0.29) is 17.9 Å². The molecule has 116 valence electrons. The van der Waals surface area contributed by atoms with Crippen molar-refractivity contribution in [3.8, 4) is 0 Å². The van der Waals surface area contributed by atoms with Crippen LogP contribution in [0.25, 0.3) is 0 Å². The number of carbonyl (C=O) groups excluding carboxylic acids is 1. The van der Waals surface area contributed by atoms with Crippen molar-refractivity contribution in [3.05, 3.63) is 35.0 Å². The third kappa shape index (κ3) is 2.83. The van der Waals surface area contributed by atoms with Crippen molar-refractivity contribution in [2.45, 2.75) is 12.5 Å². The van der Waals surface area contributed by atoms with Crippen LogP contribution in [0.1, 0.15) is 18.0 Å². The molecule has 1 aliphatic rings. The van der Waals surface area contributed by atoms with Crippen molar-refractivity contribution < 1.29 is 4.79 Å². The second-order valence-corrected chi connectivity index (χ2v) is 6.32. The van der Waals surface area contributed by atoms with Crippen LogP contribution in [0.2, 0.25) is 0 Å². The molecule has 1 N–H and O–H groups in total. The van der Waals surface area contributed by atoms with Crippen LogP contribution in [0, 0.1) is 5.92 Å². The average molecular weight is 365 g/mol. The van der Waals surface area contributed by atoms with E-state index in [1.165, 1.54) is 6.33 Å². The largest absolute Gasteiger partial charge is 0.369 e. The fraction of sp³-hybridized carbons (Fsp3) is 0.429. The Kier molecular flexibility index (Phi) is 4.10. The minimum Gasteiger partial charge on any atom is -0.369 e. The standard InChI is InChI=1S/C14H17BrN6O/c1-20-7-10(5-19-20)13-9(3-12(22)21(13)2)4-17-14-11(15)6-16-8-18-14/h5-9,13H,3-4H2,1-2H3,(H,16,17,18)/t9-,13+/m0/s1. The molecule has 0 saturated carbocycles. The summed E-state index contributed by atoms with van der Waals surface area (Å²) in [5.74, 6) is 1.06. The van der Waals surface area contributed by atoms with Gasteiger partial charge in [-0.15, -0.1) is 0 Å². The molecule has 7 nitrogen and oxygen atoms in total. The molecule has 1 fully saturated rings. The number of aromatic nitrogens is 4. The van der Waals surface area contributed by atoms with Gasteiger partial charge in [0.05, 0.1) is 16.7 Å². The summed E-state index contributed by atoms with van der Waals surface area (Å²) in [6.07, 6.45) is 7.50. The summed E-state index contributed by atoms with van der Waals surface area (Å²) in [5, 5.41) is 7.52. The Balaban J connectivity index is 1.76. The Morgan fingerprint density at radius 2 is 2.23 bits per heavy atom. The Morgan fingerprint density at radius 3 is 2.91 bits per heavy atom. The second-order valence-electron chi connectivity index (χ2n) is 5.46. The molecule has 2 aromatic rings. The van der Waals surface area contributed by atoms with Gasteiger partial charge in [-0.1, -0.05) is 0 Å². The van der Waals surface area contributed by atoms with Crippen molar-refractivity contribution in [2.24, 2.45) is 13.0 Å². The number of hydrogen-bond acceptors (Lipinski definition) is 5. The fourth-order valence-electron chi connectivity index (χ4n) is 2.89. The number of likely N-dealkylation sites (tertiary alicyclic amines) is 1. The highest BCUT2D eigenvalue weighted by atomic mass is 79.9. The van der Waals surface area contributed by atoms with Crippen molar-refractivity contribution in [2.75, 3.05) is 18.9 Å². The Hall–Kier alpha value is -1.96. The monoisotopic (exact) mass is 364 g/mol. The summed E-state index contributed by atoms with van der Waals surface area (Å²) >= 11 is 3.41. The topological polar surface area (TPSA) is 75.9 Å². The van der Waals surface area contributed by atoms with Gasteiger partial charge in [-0.05, 0) is 15.9 Å². The van der Waals surface area contributed by atoms with Crippen LogP contribution >= 0.6 is 15.9 Å². The van der Waals surface area contributed by atoms with E-state index in [0.29, 0.717) is 13.0 Å². The first kappa shape index (κ1) is 15.0. The minimum atomic E-state index is 0.0364. The maximum atomic E-state index is 12.1. The predicted molar refractivity (Wildman–Crippen MR) is 85.0 cm³/mol. The molecule has 0 aliphatic carbocycles. The van der Waals surface area contributed by atoms with Crippen molar-refractivity contribution in [3.63, 3.8) is 0 Å². The zero-order valence-electron chi connectivity index (χ0n) is 12.4. The van der Waals surface area contributed by atoms with E-state index in [9.17, 15) is 4.79 Å². The molecule has 3 heterocycles. The molecule has 22 heavy (non-hydrogen) atoms. The summed E-state index contributed by atoms with van der Waals surface area (Å²) < 4.78 is 2.57. The highest BCUT2D eigenvalue weighted by Crippen LogP contribution is 2.37. The molecular weight excluding hydrogens is 348 g/mol. The zero-order valence-corrected chi connectivity index (χ0v) is 14.0. The van der Waals surface area contributed by atoms with E-state index in [1.807, 2.05) is 26.5 Å². The SMILES string of the molecule is CN1C(=O)C[C@@H](CNc2ncncc2Br)[C@@H]1c1cnn(C)c1. The van der Waals surface area contributed by atoms with Crippen LogP contribution < -0.4 is 5.32 Å². The van der Waals surface area contributed by atoms with Crippen LogP contribution in [0.15, 0.2) is 29.4 Å². The smallest absolute Gasteiger partial charge is 0.223 e. The molecular formula is C14H17BrN6O. The third-order valence-electron chi connectivity index (χ3n) is 3.96. The van der Waals surface area contributed by atoms with Crippen LogP contribution in [0.4, 0.5) is 5.82 Å².